The summed E-state index contributed by atoms with van der Waals surface area (Å²) in [7, 11) is 1.13. The number of rotatable bonds is 11. The first kappa shape index (κ1) is 30.0. The highest BCUT2D eigenvalue weighted by atomic mass is 16.7. The molecule has 1 aliphatic heterocycles. The molecule has 0 bridgehead atoms. The van der Waals surface area contributed by atoms with Crippen molar-refractivity contribution in [2.45, 2.75) is 58.5 Å². The molecule has 0 aromatic carbocycles. The van der Waals surface area contributed by atoms with Crippen molar-refractivity contribution in [1.82, 2.24) is 20.3 Å². The lowest BCUT2D eigenvalue weighted by molar-refractivity contribution is -0.200. The number of aldehydes is 1. The van der Waals surface area contributed by atoms with Crippen molar-refractivity contribution < 1.29 is 52.8 Å². The van der Waals surface area contributed by atoms with E-state index in [9.17, 15) is 38.4 Å². The Hall–Kier alpha value is -4.04. The van der Waals surface area contributed by atoms with E-state index in [1.54, 1.807) is 20.8 Å². The van der Waals surface area contributed by atoms with Crippen LogP contribution in [0.25, 0.3) is 0 Å². The monoisotopic (exact) mass is 514 g/mol. The maximum Gasteiger partial charge on any atom is 0.407 e. The average Bonchev–Trinajstić information content (AvgIpc) is 3.07. The van der Waals surface area contributed by atoms with Crippen LogP contribution in [-0.2, 0) is 48.0 Å². The molecular formula is C21H30N4O11. The highest BCUT2D eigenvalue weighted by molar-refractivity contribution is 6.01. The number of nitrogens with zero attached hydrogens (tertiary/aromatic N) is 3. The molecule has 0 atom stereocenters. The van der Waals surface area contributed by atoms with Gasteiger partial charge in [0.15, 0.2) is 0 Å². The van der Waals surface area contributed by atoms with Gasteiger partial charge in [-0.05, 0) is 20.8 Å². The number of imide groups is 1. The van der Waals surface area contributed by atoms with Crippen LogP contribution in [0.5, 0.6) is 0 Å². The number of hydroxylamine groups is 4. The number of carbonyl (C=O) groups excluding carboxylic acids is 8. The molecule has 0 aliphatic carbocycles. The number of amides is 5. The van der Waals surface area contributed by atoms with E-state index in [0.717, 1.165) is 7.05 Å². The lowest BCUT2D eigenvalue weighted by atomic mass is 10.2. The summed E-state index contributed by atoms with van der Waals surface area (Å²) in [5.74, 6) is -5.23. The van der Waals surface area contributed by atoms with E-state index in [1.807, 2.05) is 0 Å². The van der Waals surface area contributed by atoms with Gasteiger partial charge in [-0.1, -0.05) is 0 Å². The number of alkyl carbamates (subject to hydrolysis) is 1. The Kier molecular flexibility index (Phi) is 11.5. The number of ether oxygens (including phenoxy) is 1. The molecule has 1 saturated heterocycles. The molecule has 1 aliphatic rings. The molecule has 0 radical (unpaired) electrons. The summed E-state index contributed by atoms with van der Waals surface area (Å²) in [4.78, 5) is 105. The van der Waals surface area contributed by atoms with E-state index in [1.165, 1.54) is 0 Å². The number of hydrogen-bond acceptors (Lipinski definition) is 11. The molecule has 1 fully saturated rings. The van der Waals surface area contributed by atoms with Gasteiger partial charge in [0.2, 0.25) is 5.91 Å². The van der Waals surface area contributed by atoms with Gasteiger partial charge >= 0.3 is 18.0 Å². The first-order valence-electron chi connectivity index (χ1n) is 11.0. The van der Waals surface area contributed by atoms with Crippen molar-refractivity contribution in [1.29, 1.82) is 0 Å². The highest BCUT2D eigenvalue weighted by Gasteiger charge is 2.34. The molecule has 1 rings (SSSR count). The fourth-order valence-corrected chi connectivity index (χ4v) is 2.65. The van der Waals surface area contributed by atoms with E-state index < -0.39 is 60.4 Å². The van der Waals surface area contributed by atoms with Crippen LogP contribution >= 0.6 is 0 Å². The second-order valence-electron chi connectivity index (χ2n) is 8.53. The molecule has 0 unspecified atom stereocenters. The molecule has 5 amide bonds. The predicted octanol–water partition coefficient (Wildman–Crippen LogP) is -0.767. The molecule has 0 aromatic rings. The first-order chi connectivity index (χ1) is 16.7. The average molecular weight is 514 g/mol. The lowest BCUT2D eigenvalue weighted by Gasteiger charge is -2.23. The largest absolute Gasteiger partial charge is 0.444 e. The van der Waals surface area contributed by atoms with Crippen LogP contribution in [0, 0.1) is 0 Å². The third-order valence-electron chi connectivity index (χ3n) is 4.26. The third kappa shape index (κ3) is 10.9. The maximum absolute atomic E-state index is 12.7. The number of nitrogens with one attached hydrogen (secondary N) is 1. The van der Waals surface area contributed by atoms with Gasteiger partial charge < -0.3 is 29.4 Å². The Morgan fingerprint density at radius 3 is 2.11 bits per heavy atom. The van der Waals surface area contributed by atoms with Gasteiger partial charge in [0.05, 0.1) is 0 Å². The minimum atomic E-state index is -1.18. The Bertz CT molecular complexity index is 881. The van der Waals surface area contributed by atoms with Crippen LogP contribution in [0.2, 0.25) is 0 Å². The van der Waals surface area contributed by atoms with Crippen molar-refractivity contribution >= 4 is 47.9 Å². The van der Waals surface area contributed by atoms with Crippen LogP contribution in [0.4, 0.5) is 4.79 Å². The Labute approximate surface area is 206 Å². The van der Waals surface area contributed by atoms with Crippen LogP contribution in [-0.4, -0.2) is 95.3 Å². The SMILES string of the molecule is CN(OC(=O)CN(CC(=O)ON1C(=O)CCC1=O)C(=O)CCNC(=O)OC(C)(C)C)C(=O)CCC=O. The lowest BCUT2D eigenvalue weighted by Crippen LogP contribution is -2.45. The fourth-order valence-electron chi connectivity index (χ4n) is 2.65. The smallest absolute Gasteiger partial charge is 0.407 e. The Morgan fingerprint density at radius 2 is 1.56 bits per heavy atom. The normalized spacial score (nSPS) is 13.1. The van der Waals surface area contributed by atoms with Gasteiger partial charge in [-0.25, -0.2) is 14.4 Å². The summed E-state index contributed by atoms with van der Waals surface area (Å²) in [6, 6.07) is 0. The van der Waals surface area contributed by atoms with Crippen LogP contribution in [0.15, 0.2) is 0 Å². The topological polar surface area (TPSA) is 186 Å². The predicted molar refractivity (Wildman–Crippen MR) is 117 cm³/mol. The summed E-state index contributed by atoms with van der Waals surface area (Å²) in [6.45, 7) is 3.07. The van der Waals surface area contributed by atoms with Gasteiger partial charge in [-0.2, -0.15) is 5.06 Å². The zero-order valence-corrected chi connectivity index (χ0v) is 20.6. The zero-order valence-electron chi connectivity index (χ0n) is 20.6. The molecule has 1 heterocycles. The van der Waals surface area contributed by atoms with Crippen molar-refractivity contribution in [2.75, 3.05) is 26.7 Å². The third-order valence-corrected chi connectivity index (χ3v) is 4.26. The van der Waals surface area contributed by atoms with Gasteiger partial charge in [-0.3, -0.25) is 19.2 Å². The summed E-state index contributed by atoms with van der Waals surface area (Å²) in [5, 5.41) is 3.22. The fraction of sp³-hybridized carbons (Fsp3) is 0.619. The molecule has 0 saturated carbocycles. The van der Waals surface area contributed by atoms with Gasteiger partial charge in [0.25, 0.3) is 17.7 Å². The quantitative estimate of drug-likeness (QED) is 0.207. The molecule has 15 nitrogen and oxygen atoms in total. The van der Waals surface area contributed by atoms with Crippen LogP contribution < -0.4 is 5.32 Å². The minimum Gasteiger partial charge on any atom is -0.444 e. The van der Waals surface area contributed by atoms with Crippen molar-refractivity contribution in [3.05, 3.63) is 0 Å². The van der Waals surface area contributed by atoms with Crippen molar-refractivity contribution in [2.24, 2.45) is 0 Å². The molecule has 0 aromatic heterocycles. The van der Waals surface area contributed by atoms with Gasteiger partial charge in [0.1, 0.15) is 25.0 Å². The maximum atomic E-state index is 12.7. The van der Waals surface area contributed by atoms with Gasteiger partial charge in [-0.15, -0.1) is 5.06 Å². The summed E-state index contributed by atoms with van der Waals surface area (Å²) in [5.41, 5.74) is -0.771. The molecule has 36 heavy (non-hydrogen) atoms. The van der Waals surface area contributed by atoms with E-state index in [-0.39, 0.29) is 43.7 Å². The zero-order chi connectivity index (χ0) is 27.5. The van der Waals surface area contributed by atoms with Gasteiger partial charge in [0, 0.05) is 45.7 Å². The highest BCUT2D eigenvalue weighted by Crippen LogP contribution is 2.12. The Morgan fingerprint density at radius 1 is 0.972 bits per heavy atom. The number of carbonyl (C=O) groups is 8. The van der Waals surface area contributed by atoms with E-state index >= 15 is 0 Å². The van der Waals surface area contributed by atoms with Crippen molar-refractivity contribution in [3.63, 3.8) is 0 Å². The van der Waals surface area contributed by atoms with Crippen LogP contribution in [0.1, 0.15) is 52.9 Å². The number of hydrogen-bond donors (Lipinski definition) is 1. The van der Waals surface area contributed by atoms with E-state index in [4.69, 9.17) is 14.4 Å². The Balaban J connectivity index is 2.79. The summed E-state index contributed by atoms with van der Waals surface area (Å²) >= 11 is 0. The second kappa shape index (κ2) is 13.7. The molecular weight excluding hydrogens is 484 g/mol. The summed E-state index contributed by atoms with van der Waals surface area (Å²) < 4.78 is 5.05. The first-order valence-corrected chi connectivity index (χ1v) is 11.0. The molecule has 200 valence electrons. The molecule has 1 N–H and O–H groups in total. The summed E-state index contributed by atoms with van der Waals surface area (Å²) in [6.07, 6.45) is -1.21. The van der Waals surface area contributed by atoms with Crippen LogP contribution in [0.3, 0.4) is 0 Å². The second-order valence-corrected chi connectivity index (χ2v) is 8.53. The molecule has 0 spiro atoms. The molecule has 15 heteroatoms. The standard InChI is InChI=1S/C21H30N4O11/c1-21(2,3)34-20(33)22-10-9-15(28)24(12-18(31)35-23(4)14(27)6-5-11-26)13-19(32)36-25-16(29)7-8-17(25)30/h11H,5-10,12-13H2,1-4H3,(H,22,33). The minimum absolute atomic E-state index is 0.0875. The van der Waals surface area contributed by atoms with E-state index in [0.29, 0.717) is 16.2 Å². The van der Waals surface area contributed by atoms with E-state index in [2.05, 4.69) is 5.32 Å². The van der Waals surface area contributed by atoms with Crippen molar-refractivity contribution in [3.8, 4) is 0 Å².